The monoisotopic (exact) mass is 312 g/mol. The van der Waals surface area contributed by atoms with Crippen molar-refractivity contribution in [3.05, 3.63) is 29.4 Å². The van der Waals surface area contributed by atoms with Crippen LogP contribution >= 0.6 is 11.3 Å². The van der Waals surface area contributed by atoms with Crippen molar-refractivity contribution in [1.29, 1.82) is 0 Å². The zero-order valence-electron chi connectivity index (χ0n) is 11.4. The van der Waals surface area contributed by atoms with E-state index in [1.165, 1.54) is 23.6 Å². The number of hydrogen-bond donors (Lipinski definition) is 2. The summed E-state index contributed by atoms with van der Waals surface area (Å²) in [5.41, 5.74) is 0.868. The lowest BCUT2D eigenvalue weighted by Crippen LogP contribution is -2.15. The molecule has 0 bridgehead atoms. The molecule has 0 aliphatic heterocycles. The Morgan fingerprint density at radius 2 is 2.10 bits per heavy atom. The summed E-state index contributed by atoms with van der Waals surface area (Å²) in [6.45, 7) is 4.01. The number of nitrogens with zero attached hydrogens (tertiary/aromatic N) is 2. The molecule has 8 heteroatoms. The van der Waals surface area contributed by atoms with Gasteiger partial charge in [-0.1, -0.05) is 13.8 Å². The van der Waals surface area contributed by atoms with Crippen molar-refractivity contribution in [2.75, 3.05) is 17.1 Å². The fraction of sp³-hybridized carbons (Fsp3) is 0.333. The molecule has 2 N–H and O–H groups in total. The van der Waals surface area contributed by atoms with Gasteiger partial charge >= 0.3 is 0 Å². The van der Waals surface area contributed by atoms with Crippen molar-refractivity contribution < 1.29 is 8.42 Å². The Balaban J connectivity index is 2.31. The quantitative estimate of drug-likeness (QED) is 0.886. The average molecular weight is 312 g/mol. The molecule has 0 unspecified atom stereocenters. The smallest absolute Gasteiger partial charge is 0.267 e. The van der Waals surface area contributed by atoms with Crippen molar-refractivity contribution in [1.82, 2.24) is 9.97 Å². The second kappa shape index (κ2) is 5.76. The summed E-state index contributed by atoms with van der Waals surface area (Å²) in [7, 11) is -2.07. The minimum Gasteiger partial charge on any atom is -0.372 e. The van der Waals surface area contributed by atoms with E-state index < -0.39 is 10.0 Å². The van der Waals surface area contributed by atoms with Gasteiger partial charge in [-0.15, -0.1) is 11.3 Å². The van der Waals surface area contributed by atoms with Crippen LogP contribution in [0.15, 0.2) is 28.6 Å². The van der Waals surface area contributed by atoms with E-state index in [2.05, 4.69) is 20.0 Å². The molecule has 108 valence electrons. The largest absolute Gasteiger partial charge is 0.372 e. The van der Waals surface area contributed by atoms with Crippen LogP contribution in [0.25, 0.3) is 0 Å². The standard InChI is InChI=1S/C12H16N4O2S2/c1-8(2)9-7-19-12(15-9)16-20(17,18)10-5-4-6-14-11(10)13-3/h4-8H,1-3H3,(H,13,14)(H,15,16). The molecule has 0 amide bonds. The molecule has 0 saturated carbocycles. The van der Waals surface area contributed by atoms with Gasteiger partial charge in [-0.25, -0.2) is 18.4 Å². The summed E-state index contributed by atoms with van der Waals surface area (Å²) >= 11 is 1.27. The third kappa shape index (κ3) is 3.07. The molecule has 2 heterocycles. The number of hydrogen-bond acceptors (Lipinski definition) is 6. The Bertz CT molecular complexity index is 695. The molecule has 2 aromatic rings. The Labute approximate surface area is 122 Å². The molecule has 0 atom stereocenters. The Morgan fingerprint density at radius 1 is 1.35 bits per heavy atom. The van der Waals surface area contributed by atoms with Gasteiger partial charge in [0.25, 0.3) is 10.0 Å². The minimum absolute atomic E-state index is 0.101. The Kier molecular flexibility index (Phi) is 4.24. The normalized spacial score (nSPS) is 11.6. The third-order valence-corrected chi connectivity index (χ3v) is 4.91. The van der Waals surface area contributed by atoms with Crippen molar-refractivity contribution in [2.24, 2.45) is 0 Å². The summed E-state index contributed by atoms with van der Waals surface area (Å²) in [5.74, 6) is 0.566. The van der Waals surface area contributed by atoms with E-state index in [1.807, 2.05) is 19.2 Å². The van der Waals surface area contributed by atoms with Crippen LogP contribution in [0.1, 0.15) is 25.5 Å². The van der Waals surface area contributed by atoms with Crippen LogP contribution in [-0.4, -0.2) is 25.4 Å². The number of anilines is 2. The van der Waals surface area contributed by atoms with E-state index in [9.17, 15) is 8.42 Å². The highest BCUT2D eigenvalue weighted by atomic mass is 32.2. The Morgan fingerprint density at radius 3 is 2.70 bits per heavy atom. The highest BCUT2D eigenvalue weighted by Crippen LogP contribution is 2.25. The first-order chi connectivity index (χ1) is 9.44. The van der Waals surface area contributed by atoms with Crippen LogP contribution in [0, 0.1) is 0 Å². The van der Waals surface area contributed by atoms with Gasteiger partial charge in [0.2, 0.25) is 0 Å². The highest BCUT2D eigenvalue weighted by Gasteiger charge is 2.20. The van der Waals surface area contributed by atoms with Crippen LogP contribution in [0.2, 0.25) is 0 Å². The molecule has 0 aliphatic carbocycles. The number of thiazole rings is 1. The molecule has 0 fully saturated rings. The summed E-state index contributed by atoms with van der Waals surface area (Å²) in [4.78, 5) is 8.36. The maximum Gasteiger partial charge on any atom is 0.267 e. The predicted molar refractivity (Wildman–Crippen MR) is 80.8 cm³/mol. The van der Waals surface area contributed by atoms with Gasteiger partial charge in [-0.2, -0.15) is 0 Å². The summed E-state index contributed by atoms with van der Waals surface area (Å²) in [6.07, 6.45) is 1.53. The molecule has 20 heavy (non-hydrogen) atoms. The lowest BCUT2D eigenvalue weighted by Gasteiger charge is -2.09. The minimum atomic E-state index is -3.70. The highest BCUT2D eigenvalue weighted by molar-refractivity contribution is 7.93. The van der Waals surface area contributed by atoms with Crippen molar-refractivity contribution in [3.63, 3.8) is 0 Å². The maximum absolute atomic E-state index is 12.3. The van der Waals surface area contributed by atoms with E-state index in [0.717, 1.165) is 5.69 Å². The first-order valence-corrected chi connectivity index (χ1v) is 8.41. The van der Waals surface area contributed by atoms with Crippen molar-refractivity contribution in [2.45, 2.75) is 24.7 Å². The number of nitrogens with one attached hydrogen (secondary N) is 2. The second-order valence-electron chi connectivity index (χ2n) is 4.44. The Hall–Kier alpha value is -1.67. The summed E-state index contributed by atoms with van der Waals surface area (Å²) < 4.78 is 27.2. The maximum atomic E-state index is 12.3. The van der Waals surface area contributed by atoms with Gasteiger partial charge in [0.05, 0.1) is 5.69 Å². The van der Waals surface area contributed by atoms with Crippen molar-refractivity contribution >= 4 is 32.3 Å². The molecule has 2 rings (SSSR count). The molecule has 0 aromatic carbocycles. The molecule has 0 saturated heterocycles. The zero-order valence-corrected chi connectivity index (χ0v) is 13.0. The molecule has 0 radical (unpaired) electrons. The number of sulfonamides is 1. The molecular weight excluding hydrogens is 296 g/mol. The van der Waals surface area contributed by atoms with Crippen LogP contribution in [0.5, 0.6) is 0 Å². The molecule has 0 spiro atoms. The van der Waals surface area contributed by atoms with E-state index in [1.54, 1.807) is 13.1 Å². The molecule has 6 nitrogen and oxygen atoms in total. The van der Waals surface area contributed by atoms with Crippen molar-refractivity contribution in [3.8, 4) is 0 Å². The lowest BCUT2D eigenvalue weighted by molar-refractivity contribution is 0.601. The van der Waals surface area contributed by atoms with Gasteiger partial charge in [0.1, 0.15) is 10.7 Å². The van der Waals surface area contributed by atoms with Gasteiger partial charge in [0, 0.05) is 18.6 Å². The fourth-order valence-electron chi connectivity index (χ4n) is 1.56. The number of pyridine rings is 1. The second-order valence-corrected chi connectivity index (χ2v) is 6.95. The van der Waals surface area contributed by atoms with Crippen LogP contribution < -0.4 is 10.0 Å². The van der Waals surface area contributed by atoms with Gasteiger partial charge in [0.15, 0.2) is 5.13 Å². The third-order valence-electron chi connectivity index (χ3n) is 2.63. The van der Waals surface area contributed by atoms with Gasteiger partial charge in [-0.05, 0) is 18.1 Å². The van der Waals surface area contributed by atoms with Crippen LogP contribution in [0.3, 0.4) is 0 Å². The topological polar surface area (TPSA) is 84.0 Å². The molecular formula is C12H16N4O2S2. The SMILES string of the molecule is CNc1ncccc1S(=O)(=O)Nc1nc(C(C)C)cs1. The number of aromatic nitrogens is 2. The molecule has 0 aliphatic rings. The lowest BCUT2D eigenvalue weighted by atomic mass is 10.2. The van der Waals surface area contributed by atoms with E-state index in [-0.39, 0.29) is 10.8 Å². The van der Waals surface area contributed by atoms with E-state index in [4.69, 9.17) is 0 Å². The van der Waals surface area contributed by atoms with Gasteiger partial charge in [-0.3, -0.25) is 4.72 Å². The van der Waals surface area contributed by atoms with E-state index in [0.29, 0.717) is 10.9 Å². The first kappa shape index (κ1) is 14.7. The fourth-order valence-corrected chi connectivity index (χ4v) is 3.85. The predicted octanol–water partition coefficient (Wildman–Crippen LogP) is 2.50. The van der Waals surface area contributed by atoms with Crippen LogP contribution in [-0.2, 0) is 10.0 Å². The first-order valence-electron chi connectivity index (χ1n) is 6.05. The van der Waals surface area contributed by atoms with Gasteiger partial charge < -0.3 is 5.32 Å². The summed E-state index contributed by atoms with van der Waals surface area (Å²) in [6, 6.07) is 3.08. The average Bonchev–Trinajstić information content (AvgIpc) is 2.86. The summed E-state index contributed by atoms with van der Waals surface area (Å²) in [5, 5.41) is 4.98. The zero-order chi connectivity index (χ0) is 14.8. The van der Waals surface area contributed by atoms with Crippen LogP contribution in [0.4, 0.5) is 10.9 Å². The number of rotatable bonds is 5. The molecule has 2 aromatic heterocycles. The van der Waals surface area contributed by atoms with E-state index >= 15 is 0 Å².